The normalized spacial score (nSPS) is 10.6. The first kappa shape index (κ1) is 11.6. The predicted molar refractivity (Wildman–Crippen MR) is 63.6 cm³/mol. The second-order valence-corrected chi connectivity index (χ2v) is 3.92. The summed E-state index contributed by atoms with van der Waals surface area (Å²) in [5, 5.41) is 0. The van der Waals surface area contributed by atoms with Crippen LogP contribution in [0.3, 0.4) is 0 Å². The van der Waals surface area contributed by atoms with Gasteiger partial charge in [0.05, 0.1) is 12.7 Å². The number of aryl methyl sites for hydroxylation is 2. The van der Waals surface area contributed by atoms with Gasteiger partial charge in [-0.2, -0.15) is 0 Å². The van der Waals surface area contributed by atoms with E-state index < -0.39 is 0 Å². The molecule has 0 spiro atoms. The smallest absolute Gasteiger partial charge is 0.140 e. The number of rotatable bonds is 6. The Morgan fingerprint density at radius 3 is 3.12 bits per heavy atom. The number of Topliss-reactive ketones (excluding diaryl/α,β-unsaturated/α-hetero) is 1. The Bertz CT molecular complexity index is 471. The summed E-state index contributed by atoms with van der Waals surface area (Å²) >= 11 is 0. The molecule has 0 aromatic carbocycles. The molecule has 90 valence electrons. The summed E-state index contributed by atoms with van der Waals surface area (Å²) in [6.07, 6.45) is 6.84. The number of ketones is 1. The van der Waals surface area contributed by atoms with E-state index in [1.807, 2.05) is 29.8 Å². The minimum Gasteiger partial charge on any atom is -0.469 e. The molecule has 2 aromatic rings. The second kappa shape index (κ2) is 5.48. The summed E-state index contributed by atoms with van der Waals surface area (Å²) in [6.45, 7) is 2.89. The molecule has 0 N–H and O–H groups in total. The zero-order valence-corrected chi connectivity index (χ0v) is 9.93. The maximum atomic E-state index is 11.8. The van der Waals surface area contributed by atoms with E-state index in [0.717, 1.165) is 18.1 Å². The Kier molecular flexibility index (Phi) is 3.75. The summed E-state index contributed by atoms with van der Waals surface area (Å²) in [4.78, 5) is 16.0. The van der Waals surface area contributed by atoms with Crippen molar-refractivity contribution in [3.8, 4) is 0 Å². The van der Waals surface area contributed by atoms with E-state index in [9.17, 15) is 4.79 Å². The molecular weight excluding hydrogens is 216 g/mol. The lowest BCUT2D eigenvalue weighted by Gasteiger charge is -2.03. The molecule has 4 heteroatoms. The molecule has 2 rings (SSSR count). The third kappa shape index (κ3) is 3.06. The Morgan fingerprint density at radius 1 is 1.53 bits per heavy atom. The van der Waals surface area contributed by atoms with Crippen LogP contribution in [0.15, 0.2) is 35.2 Å². The first-order chi connectivity index (χ1) is 8.29. The first-order valence-electron chi connectivity index (χ1n) is 5.83. The van der Waals surface area contributed by atoms with Crippen molar-refractivity contribution in [2.24, 2.45) is 0 Å². The van der Waals surface area contributed by atoms with Crippen molar-refractivity contribution in [1.29, 1.82) is 0 Å². The van der Waals surface area contributed by atoms with Crippen molar-refractivity contribution in [2.45, 2.75) is 32.7 Å². The molecule has 0 unspecified atom stereocenters. The number of carbonyl (C=O) groups is 1. The molecule has 0 radical (unpaired) electrons. The van der Waals surface area contributed by atoms with Gasteiger partial charge < -0.3 is 8.98 Å². The molecule has 0 saturated heterocycles. The van der Waals surface area contributed by atoms with Crippen LogP contribution >= 0.6 is 0 Å². The molecule has 0 atom stereocenters. The summed E-state index contributed by atoms with van der Waals surface area (Å²) in [6, 6.07) is 3.73. The van der Waals surface area contributed by atoms with Crippen LogP contribution in [0.25, 0.3) is 0 Å². The van der Waals surface area contributed by atoms with E-state index >= 15 is 0 Å². The average molecular weight is 232 g/mol. The molecule has 17 heavy (non-hydrogen) atoms. The number of aromatic nitrogens is 2. The van der Waals surface area contributed by atoms with Gasteiger partial charge in [0.2, 0.25) is 0 Å². The van der Waals surface area contributed by atoms with Crippen molar-refractivity contribution in [3.05, 3.63) is 42.4 Å². The lowest BCUT2D eigenvalue weighted by molar-refractivity contribution is -0.118. The van der Waals surface area contributed by atoms with Gasteiger partial charge in [-0.25, -0.2) is 4.98 Å². The fourth-order valence-corrected chi connectivity index (χ4v) is 1.78. The fourth-order valence-electron chi connectivity index (χ4n) is 1.78. The lowest BCUT2D eigenvalue weighted by atomic mass is 10.1. The van der Waals surface area contributed by atoms with E-state index in [1.54, 1.807) is 12.5 Å². The van der Waals surface area contributed by atoms with Crippen LogP contribution in [0.5, 0.6) is 0 Å². The lowest BCUT2D eigenvalue weighted by Crippen LogP contribution is -2.09. The van der Waals surface area contributed by atoms with E-state index in [2.05, 4.69) is 4.98 Å². The van der Waals surface area contributed by atoms with Crippen molar-refractivity contribution < 1.29 is 9.21 Å². The van der Waals surface area contributed by atoms with Crippen LogP contribution < -0.4 is 0 Å². The van der Waals surface area contributed by atoms with Crippen molar-refractivity contribution in [1.82, 2.24) is 9.55 Å². The van der Waals surface area contributed by atoms with Crippen LogP contribution in [0.1, 0.15) is 24.9 Å². The maximum Gasteiger partial charge on any atom is 0.140 e. The van der Waals surface area contributed by atoms with Crippen LogP contribution in [0, 0.1) is 0 Å². The highest BCUT2D eigenvalue weighted by molar-refractivity contribution is 5.80. The fraction of sp³-hybridized carbons (Fsp3) is 0.385. The Labute approximate surface area is 100 Å². The van der Waals surface area contributed by atoms with Crippen LogP contribution in [0.4, 0.5) is 0 Å². The first-order valence-corrected chi connectivity index (χ1v) is 5.83. The molecule has 0 fully saturated rings. The van der Waals surface area contributed by atoms with Gasteiger partial charge in [0.15, 0.2) is 0 Å². The monoisotopic (exact) mass is 232 g/mol. The number of hydrogen-bond acceptors (Lipinski definition) is 3. The molecule has 0 aliphatic heterocycles. The highest BCUT2D eigenvalue weighted by atomic mass is 16.3. The quantitative estimate of drug-likeness (QED) is 0.767. The van der Waals surface area contributed by atoms with E-state index in [1.165, 1.54) is 0 Å². The van der Waals surface area contributed by atoms with E-state index in [0.29, 0.717) is 19.3 Å². The summed E-state index contributed by atoms with van der Waals surface area (Å²) in [7, 11) is 0. The van der Waals surface area contributed by atoms with Gasteiger partial charge in [0.25, 0.3) is 0 Å². The maximum absolute atomic E-state index is 11.8. The van der Waals surface area contributed by atoms with Gasteiger partial charge in [-0.3, -0.25) is 4.79 Å². The van der Waals surface area contributed by atoms with Gasteiger partial charge in [0.1, 0.15) is 17.4 Å². The predicted octanol–water partition coefficient (Wildman–Crippen LogP) is 2.24. The number of hydrogen-bond donors (Lipinski definition) is 0. The van der Waals surface area contributed by atoms with Crippen LogP contribution in [0.2, 0.25) is 0 Å². The number of carbonyl (C=O) groups excluding carboxylic acids is 1. The zero-order chi connectivity index (χ0) is 12.1. The molecule has 0 saturated carbocycles. The van der Waals surface area contributed by atoms with Gasteiger partial charge >= 0.3 is 0 Å². The van der Waals surface area contributed by atoms with Crippen molar-refractivity contribution in [3.63, 3.8) is 0 Å². The second-order valence-electron chi connectivity index (χ2n) is 3.92. The highest BCUT2D eigenvalue weighted by Crippen LogP contribution is 2.06. The van der Waals surface area contributed by atoms with Crippen molar-refractivity contribution >= 4 is 5.78 Å². The molecule has 2 heterocycles. The molecular formula is C13H16N2O2. The standard InChI is InChI=1S/C13H16N2O2/c1-2-15-8-7-14-13(15)10-11(16)5-6-12-4-3-9-17-12/h3-4,7-9H,2,5-6,10H2,1H3. The van der Waals surface area contributed by atoms with Crippen LogP contribution in [-0.2, 0) is 24.2 Å². The van der Waals surface area contributed by atoms with Gasteiger partial charge in [-0.1, -0.05) is 0 Å². The Balaban J connectivity index is 1.85. The minimum absolute atomic E-state index is 0.197. The average Bonchev–Trinajstić information content (AvgIpc) is 2.97. The van der Waals surface area contributed by atoms with Crippen molar-refractivity contribution in [2.75, 3.05) is 0 Å². The summed E-state index contributed by atoms with van der Waals surface area (Å²) < 4.78 is 7.18. The molecule has 0 aliphatic carbocycles. The molecule has 0 amide bonds. The largest absolute Gasteiger partial charge is 0.469 e. The SMILES string of the molecule is CCn1ccnc1CC(=O)CCc1ccco1. The molecule has 0 aliphatic rings. The Hall–Kier alpha value is -1.84. The van der Waals surface area contributed by atoms with Gasteiger partial charge in [-0.15, -0.1) is 0 Å². The number of furan rings is 1. The Morgan fingerprint density at radius 2 is 2.41 bits per heavy atom. The van der Waals surface area contributed by atoms with Gasteiger partial charge in [-0.05, 0) is 19.1 Å². The molecule has 0 bridgehead atoms. The number of imidazole rings is 1. The zero-order valence-electron chi connectivity index (χ0n) is 9.93. The third-order valence-corrected chi connectivity index (χ3v) is 2.73. The highest BCUT2D eigenvalue weighted by Gasteiger charge is 2.09. The van der Waals surface area contributed by atoms with E-state index in [4.69, 9.17) is 4.42 Å². The topological polar surface area (TPSA) is 48.0 Å². The van der Waals surface area contributed by atoms with Crippen LogP contribution in [-0.4, -0.2) is 15.3 Å². The summed E-state index contributed by atoms with van der Waals surface area (Å²) in [5.41, 5.74) is 0. The minimum atomic E-state index is 0.197. The van der Waals surface area contributed by atoms with E-state index in [-0.39, 0.29) is 5.78 Å². The number of nitrogens with zero attached hydrogens (tertiary/aromatic N) is 2. The molecule has 2 aromatic heterocycles. The summed E-state index contributed by atoms with van der Waals surface area (Å²) in [5.74, 6) is 1.90. The third-order valence-electron chi connectivity index (χ3n) is 2.73. The molecule has 4 nitrogen and oxygen atoms in total. The van der Waals surface area contributed by atoms with Gasteiger partial charge in [0, 0.05) is 31.8 Å².